The fraction of sp³-hybridized carbons (Fsp3) is 0.789. The summed E-state index contributed by atoms with van der Waals surface area (Å²) >= 11 is 2.08. The van der Waals surface area contributed by atoms with E-state index in [0.717, 1.165) is 77.2 Å². The van der Waals surface area contributed by atoms with Gasteiger partial charge in [-0.3, -0.25) is 14.8 Å². The number of rotatable bonds is 5. The molecule has 0 amide bonds. The minimum absolute atomic E-state index is 0. The van der Waals surface area contributed by atoms with Crippen molar-refractivity contribution in [1.82, 2.24) is 25.2 Å². The van der Waals surface area contributed by atoms with Crippen LogP contribution in [0.15, 0.2) is 21.8 Å². The summed E-state index contributed by atoms with van der Waals surface area (Å²) in [6.07, 6.45) is 2.89. The maximum Gasteiger partial charge on any atom is 0.193 e. The molecule has 4 rings (SSSR count). The molecule has 29 heavy (non-hydrogen) atoms. The molecule has 0 spiro atoms. The maximum absolute atomic E-state index is 5.58. The first-order valence-electron chi connectivity index (χ1n) is 10.3. The molecule has 4 heterocycles. The van der Waals surface area contributed by atoms with Crippen LogP contribution in [0.3, 0.4) is 0 Å². The van der Waals surface area contributed by atoms with Crippen molar-refractivity contribution < 1.29 is 9.26 Å². The van der Waals surface area contributed by atoms with Gasteiger partial charge in [0.05, 0.1) is 18.9 Å². The van der Waals surface area contributed by atoms with E-state index in [9.17, 15) is 0 Å². The highest BCUT2D eigenvalue weighted by Crippen LogP contribution is 2.33. The minimum Gasteiger partial charge on any atom is -0.379 e. The van der Waals surface area contributed by atoms with Gasteiger partial charge in [-0.2, -0.15) is 11.8 Å². The molecule has 8 nitrogen and oxygen atoms in total. The first kappa shape index (κ1) is 23.1. The van der Waals surface area contributed by atoms with Crippen LogP contribution in [0.4, 0.5) is 0 Å². The lowest BCUT2D eigenvalue weighted by Gasteiger charge is -2.44. The van der Waals surface area contributed by atoms with Gasteiger partial charge >= 0.3 is 0 Å². The van der Waals surface area contributed by atoms with Gasteiger partial charge in [-0.15, -0.1) is 24.0 Å². The number of piperazine rings is 1. The highest BCUT2D eigenvalue weighted by Gasteiger charge is 2.41. The van der Waals surface area contributed by atoms with E-state index in [1.807, 2.05) is 13.1 Å². The van der Waals surface area contributed by atoms with Crippen molar-refractivity contribution >= 4 is 41.7 Å². The Morgan fingerprint density at radius 2 is 2.03 bits per heavy atom. The van der Waals surface area contributed by atoms with Gasteiger partial charge < -0.3 is 19.5 Å². The number of aromatic nitrogens is 1. The topological polar surface area (TPSA) is 69.4 Å². The van der Waals surface area contributed by atoms with Gasteiger partial charge in [-0.1, -0.05) is 5.16 Å². The summed E-state index contributed by atoms with van der Waals surface area (Å²) in [6, 6.07) is 1.94. The lowest BCUT2D eigenvalue weighted by atomic mass is 9.95. The third-order valence-electron chi connectivity index (χ3n) is 6.10. The van der Waals surface area contributed by atoms with E-state index < -0.39 is 0 Å². The average Bonchev–Trinajstić information content (AvgIpc) is 3.43. The number of thioether (sulfide) groups is 1. The summed E-state index contributed by atoms with van der Waals surface area (Å²) in [5, 5.41) is 7.74. The molecule has 3 saturated heterocycles. The number of nitrogens with zero attached hydrogens (tertiary/aromatic N) is 5. The van der Waals surface area contributed by atoms with Gasteiger partial charge in [-0.25, -0.2) is 0 Å². The molecule has 0 saturated carbocycles. The van der Waals surface area contributed by atoms with E-state index in [2.05, 4.69) is 41.9 Å². The quantitative estimate of drug-likeness (QED) is 0.342. The van der Waals surface area contributed by atoms with E-state index in [-0.39, 0.29) is 29.5 Å². The van der Waals surface area contributed by atoms with Gasteiger partial charge in [-0.05, 0) is 12.2 Å². The van der Waals surface area contributed by atoms with Crippen LogP contribution < -0.4 is 5.32 Å². The predicted octanol–water partition coefficient (Wildman–Crippen LogP) is 1.19. The van der Waals surface area contributed by atoms with Crippen LogP contribution in [0.1, 0.15) is 12.1 Å². The molecule has 3 aliphatic rings. The van der Waals surface area contributed by atoms with E-state index in [1.165, 1.54) is 17.9 Å². The number of hydrogen-bond acceptors (Lipinski definition) is 7. The van der Waals surface area contributed by atoms with E-state index in [1.54, 1.807) is 6.26 Å². The van der Waals surface area contributed by atoms with E-state index in [0.29, 0.717) is 0 Å². The fourth-order valence-corrected chi connectivity index (χ4v) is 5.85. The fourth-order valence-electron chi connectivity index (χ4n) is 4.38. The first-order chi connectivity index (χ1) is 13.8. The number of hydrogen-bond donors (Lipinski definition) is 1. The Hall–Kier alpha value is -0.560. The Morgan fingerprint density at radius 3 is 2.66 bits per heavy atom. The summed E-state index contributed by atoms with van der Waals surface area (Å²) in [5.41, 5.74) is 1.24. The number of guanidine groups is 1. The molecule has 3 aliphatic heterocycles. The van der Waals surface area contributed by atoms with Gasteiger partial charge in [0.15, 0.2) is 5.96 Å². The molecule has 10 heteroatoms. The smallest absolute Gasteiger partial charge is 0.193 e. The summed E-state index contributed by atoms with van der Waals surface area (Å²) in [5.74, 6) is 3.48. The van der Waals surface area contributed by atoms with Crippen molar-refractivity contribution in [2.45, 2.75) is 18.5 Å². The van der Waals surface area contributed by atoms with Crippen molar-refractivity contribution in [1.29, 1.82) is 0 Å². The highest BCUT2D eigenvalue weighted by atomic mass is 127. The molecule has 0 bridgehead atoms. The van der Waals surface area contributed by atoms with Crippen LogP contribution in [-0.2, 0) is 11.3 Å². The maximum atomic E-state index is 5.58. The highest BCUT2D eigenvalue weighted by molar-refractivity contribution is 14.0. The third kappa shape index (κ3) is 5.78. The number of aliphatic imine (C=N–C) groups is 1. The molecular formula is C19H33IN6O2S. The Kier molecular flexibility index (Phi) is 8.90. The molecule has 0 radical (unpaired) electrons. The van der Waals surface area contributed by atoms with E-state index in [4.69, 9.17) is 9.26 Å². The van der Waals surface area contributed by atoms with Gasteiger partial charge in [0, 0.05) is 76.8 Å². The molecule has 0 aliphatic carbocycles. The second-order valence-corrected chi connectivity index (χ2v) is 8.89. The van der Waals surface area contributed by atoms with Crippen LogP contribution in [-0.4, -0.2) is 109 Å². The van der Waals surface area contributed by atoms with Crippen molar-refractivity contribution in [3.05, 3.63) is 18.0 Å². The number of morpholine rings is 1. The average molecular weight is 536 g/mol. The van der Waals surface area contributed by atoms with Crippen molar-refractivity contribution in [2.24, 2.45) is 4.99 Å². The first-order valence-corrected chi connectivity index (χ1v) is 11.4. The largest absolute Gasteiger partial charge is 0.379 e. The van der Waals surface area contributed by atoms with Crippen molar-refractivity contribution in [3.8, 4) is 0 Å². The summed E-state index contributed by atoms with van der Waals surface area (Å²) < 4.78 is 10.5. The van der Waals surface area contributed by atoms with Crippen LogP contribution in [0.5, 0.6) is 0 Å². The number of ether oxygens (including phenoxy) is 1. The zero-order chi connectivity index (χ0) is 19.2. The lowest BCUT2D eigenvalue weighted by Crippen LogP contribution is -2.61. The standard InChI is InChI=1S/C19H32N6O2S.HI/c1-20-18(24-6-4-23(5-7-24)14-17-2-10-27-22-17)21-15-19(3-13-28-16-19)25-8-11-26-12-9-25;/h2,10H,3-9,11-16H2,1H3,(H,20,21);1H. The van der Waals surface area contributed by atoms with Crippen LogP contribution in [0.25, 0.3) is 0 Å². The molecule has 1 N–H and O–H groups in total. The zero-order valence-electron chi connectivity index (χ0n) is 17.2. The molecule has 1 unspecified atom stereocenters. The third-order valence-corrected chi connectivity index (χ3v) is 7.33. The molecule has 1 aromatic heterocycles. The minimum atomic E-state index is 0. The summed E-state index contributed by atoms with van der Waals surface area (Å²) in [7, 11) is 1.90. The summed E-state index contributed by atoms with van der Waals surface area (Å²) in [6.45, 7) is 9.61. The Labute approximate surface area is 194 Å². The van der Waals surface area contributed by atoms with E-state index >= 15 is 0 Å². The van der Waals surface area contributed by atoms with Crippen molar-refractivity contribution in [3.63, 3.8) is 0 Å². The lowest BCUT2D eigenvalue weighted by molar-refractivity contribution is -0.0122. The Morgan fingerprint density at radius 1 is 1.24 bits per heavy atom. The molecule has 3 fully saturated rings. The normalized spacial score (nSPS) is 27.1. The monoisotopic (exact) mass is 536 g/mol. The SMILES string of the molecule is CN=C(NCC1(N2CCOCC2)CCSC1)N1CCN(Cc2ccon2)CC1.I. The molecule has 1 aromatic rings. The van der Waals surface area contributed by atoms with Gasteiger partial charge in [0.2, 0.25) is 0 Å². The van der Waals surface area contributed by atoms with Gasteiger partial charge in [0.25, 0.3) is 0 Å². The second-order valence-electron chi connectivity index (χ2n) is 7.78. The Bertz CT molecular complexity index is 627. The molecule has 1 atom stereocenters. The predicted molar refractivity (Wildman–Crippen MR) is 127 cm³/mol. The van der Waals surface area contributed by atoms with Crippen LogP contribution in [0, 0.1) is 0 Å². The summed E-state index contributed by atoms with van der Waals surface area (Å²) in [4.78, 5) is 12.0. The molecule has 164 valence electrons. The second kappa shape index (κ2) is 11.2. The molecular weight excluding hydrogens is 503 g/mol. The van der Waals surface area contributed by atoms with Crippen molar-refractivity contribution in [2.75, 3.05) is 77.6 Å². The zero-order valence-corrected chi connectivity index (χ0v) is 20.4. The van der Waals surface area contributed by atoms with Crippen LogP contribution >= 0.6 is 35.7 Å². The number of nitrogens with one attached hydrogen (secondary N) is 1. The number of halogens is 1. The van der Waals surface area contributed by atoms with Crippen LogP contribution in [0.2, 0.25) is 0 Å². The molecule has 0 aromatic carbocycles. The van der Waals surface area contributed by atoms with Gasteiger partial charge in [0.1, 0.15) is 6.26 Å². The Balaban J connectivity index is 0.00000240.